The van der Waals surface area contributed by atoms with E-state index in [1.165, 1.54) is 0 Å². The Balaban J connectivity index is 1.86. The quantitative estimate of drug-likeness (QED) is 0.869. The van der Waals surface area contributed by atoms with Crippen molar-refractivity contribution in [3.8, 4) is 0 Å². The van der Waals surface area contributed by atoms with Gasteiger partial charge in [-0.25, -0.2) is 0 Å². The van der Waals surface area contributed by atoms with Crippen LogP contribution in [0, 0.1) is 5.92 Å². The lowest BCUT2D eigenvalue weighted by Gasteiger charge is -2.34. The van der Waals surface area contributed by atoms with Gasteiger partial charge in [0.2, 0.25) is 0 Å². The molecule has 0 amide bonds. The largest absolute Gasteiger partial charge is 0.390 e. The van der Waals surface area contributed by atoms with Crippen LogP contribution in [0.3, 0.4) is 0 Å². The minimum atomic E-state index is -0.405. The highest BCUT2D eigenvalue weighted by Crippen LogP contribution is 2.21. The minimum absolute atomic E-state index is 0.199. The Labute approximate surface area is 102 Å². The molecular formula is C14H20O3. The van der Waals surface area contributed by atoms with Crippen LogP contribution in [0.4, 0.5) is 0 Å². The number of hydrogen-bond acceptors (Lipinski definition) is 3. The van der Waals surface area contributed by atoms with Gasteiger partial charge in [-0.3, -0.25) is 0 Å². The van der Waals surface area contributed by atoms with Gasteiger partial charge in [0.15, 0.2) is 0 Å². The topological polar surface area (TPSA) is 38.7 Å². The highest BCUT2D eigenvalue weighted by molar-refractivity contribution is 5.13. The molecule has 3 heteroatoms. The van der Waals surface area contributed by atoms with Crippen molar-refractivity contribution >= 4 is 0 Å². The predicted octanol–water partition coefficient (Wildman–Crippen LogP) is 1.99. The molecule has 3 atom stereocenters. The third-order valence-corrected chi connectivity index (χ3v) is 3.31. The highest BCUT2D eigenvalue weighted by Gasteiger charge is 2.32. The predicted molar refractivity (Wildman–Crippen MR) is 65.6 cm³/mol. The molecule has 1 aromatic carbocycles. The molecule has 1 aliphatic heterocycles. The fourth-order valence-electron chi connectivity index (χ4n) is 2.12. The molecule has 2 rings (SSSR count). The van der Waals surface area contributed by atoms with E-state index in [4.69, 9.17) is 9.47 Å². The van der Waals surface area contributed by atoms with E-state index < -0.39 is 6.10 Å². The summed E-state index contributed by atoms with van der Waals surface area (Å²) in [4.78, 5) is 0. The van der Waals surface area contributed by atoms with E-state index in [2.05, 4.69) is 6.92 Å². The number of aliphatic hydroxyl groups is 1. The number of ether oxygens (including phenoxy) is 2. The molecule has 3 nitrogen and oxygen atoms in total. The van der Waals surface area contributed by atoms with Gasteiger partial charge in [-0.2, -0.15) is 0 Å². The third-order valence-electron chi connectivity index (χ3n) is 3.31. The van der Waals surface area contributed by atoms with Gasteiger partial charge in [0.25, 0.3) is 0 Å². The lowest BCUT2D eigenvalue weighted by Crippen LogP contribution is -2.45. The maximum Gasteiger partial charge on any atom is 0.107 e. The van der Waals surface area contributed by atoms with Crippen molar-refractivity contribution in [3.05, 3.63) is 35.9 Å². The molecule has 1 fully saturated rings. The molecule has 1 aliphatic rings. The molecule has 1 aromatic rings. The maximum absolute atomic E-state index is 10.1. The first-order valence-electron chi connectivity index (χ1n) is 6.22. The Morgan fingerprint density at radius 3 is 2.76 bits per heavy atom. The molecule has 0 bridgehead atoms. The van der Waals surface area contributed by atoms with Gasteiger partial charge in [-0.05, 0) is 12.0 Å². The Hall–Kier alpha value is -0.900. The summed E-state index contributed by atoms with van der Waals surface area (Å²) in [6, 6.07) is 10.00. The van der Waals surface area contributed by atoms with Crippen LogP contribution in [0.15, 0.2) is 30.3 Å². The first-order valence-corrected chi connectivity index (χ1v) is 6.22. The maximum atomic E-state index is 10.1. The molecule has 0 aromatic heterocycles. The average Bonchev–Trinajstić information content (AvgIpc) is 2.39. The Kier molecular flexibility index (Phi) is 4.54. The minimum Gasteiger partial charge on any atom is -0.390 e. The van der Waals surface area contributed by atoms with Gasteiger partial charge in [0, 0.05) is 5.92 Å². The van der Waals surface area contributed by atoms with E-state index in [0.29, 0.717) is 19.8 Å². The molecule has 0 aliphatic carbocycles. The van der Waals surface area contributed by atoms with Gasteiger partial charge in [-0.1, -0.05) is 37.3 Å². The summed E-state index contributed by atoms with van der Waals surface area (Å²) in [7, 11) is 0. The van der Waals surface area contributed by atoms with Gasteiger partial charge in [0.1, 0.15) is 6.10 Å². The van der Waals surface area contributed by atoms with Crippen molar-refractivity contribution in [2.75, 3.05) is 13.2 Å². The standard InChI is InChI=1S/C14H20O3/c1-2-12-9-16-10-13(14(12)15)17-8-11-6-4-3-5-7-11/h3-7,12-15H,2,8-10H2,1H3. The van der Waals surface area contributed by atoms with Gasteiger partial charge >= 0.3 is 0 Å². The fraction of sp³-hybridized carbons (Fsp3) is 0.571. The highest BCUT2D eigenvalue weighted by atomic mass is 16.5. The summed E-state index contributed by atoms with van der Waals surface area (Å²) in [6.45, 7) is 3.73. The fourth-order valence-corrected chi connectivity index (χ4v) is 2.12. The van der Waals surface area contributed by atoms with E-state index in [0.717, 1.165) is 12.0 Å². The van der Waals surface area contributed by atoms with E-state index in [1.807, 2.05) is 30.3 Å². The summed E-state index contributed by atoms with van der Waals surface area (Å²) < 4.78 is 11.2. The summed E-state index contributed by atoms with van der Waals surface area (Å²) in [6.07, 6.45) is 0.318. The first kappa shape index (κ1) is 12.6. The molecule has 1 N–H and O–H groups in total. The normalized spacial score (nSPS) is 29.2. The van der Waals surface area contributed by atoms with Gasteiger partial charge in [0.05, 0.1) is 25.9 Å². The summed E-state index contributed by atoms with van der Waals surface area (Å²) >= 11 is 0. The average molecular weight is 236 g/mol. The summed E-state index contributed by atoms with van der Waals surface area (Å²) in [5.41, 5.74) is 1.12. The molecule has 0 spiro atoms. The van der Waals surface area contributed by atoms with Crippen molar-refractivity contribution < 1.29 is 14.6 Å². The molecule has 17 heavy (non-hydrogen) atoms. The van der Waals surface area contributed by atoms with Crippen molar-refractivity contribution in [1.82, 2.24) is 0 Å². The van der Waals surface area contributed by atoms with Crippen molar-refractivity contribution in [1.29, 1.82) is 0 Å². The van der Waals surface area contributed by atoms with Crippen LogP contribution < -0.4 is 0 Å². The lowest BCUT2D eigenvalue weighted by atomic mass is 9.94. The van der Waals surface area contributed by atoms with Crippen molar-refractivity contribution in [2.24, 2.45) is 5.92 Å². The van der Waals surface area contributed by atoms with Crippen LogP contribution in [0.1, 0.15) is 18.9 Å². The van der Waals surface area contributed by atoms with Crippen LogP contribution in [0.5, 0.6) is 0 Å². The van der Waals surface area contributed by atoms with Crippen molar-refractivity contribution in [3.63, 3.8) is 0 Å². The SMILES string of the molecule is CCC1COCC(OCc2ccccc2)C1O. The Bertz CT molecular complexity index is 325. The number of aliphatic hydroxyl groups excluding tert-OH is 1. The van der Waals surface area contributed by atoms with Gasteiger partial charge < -0.3 is 14.6 Å². The van der Waals surface area contributed by atoms with E-state index >= 15 is 0 Å². The Morgan fingerprint density at radius 2 is 2.06 bits per heavy atom. The number of benzene rings is 1. The number of rotatable bonds is 4. The second kappa shape index (κ2) is 6.15. The number of hydrogen-bond donors (Lipinski definition) is 1. The first-order chi connectivity index (χ1) is 8.31. The smallest absolute Gasteiger partial charge is 0.107 e. The van der Waals surface area contributed by atoms with E-state index in [-0.39, 0.29) is 12.0 Å². The van der Waals surface area contributed by atoms with Crippen molar-refractivity contribution in [2.45, 2.75) is 32.2 Å². The zero-order valence-electron chi connectivity index (χ0n) is 10.2. The van der Waals surface area contributed by atoms with Crippen LogP contribution in [-0.4, -0.2) is 30.5 Å². The molecule has 1 saturated heterocycles. The van der Waals surface area contributed by atoms with E-state index in [1.54, 1.807) is 0 Å². The van der Waals surface area contributed by atoms with Crippen LogP contribution in [0.2, 0.25) is 0 Å². The van der Waals surface area contributed by atoms with Crippen LogP contribution in [-0.2, 0) is 16.1 Å². The van der Waals surface area contributed by atoms with Gasteiger partial charge in [-0.15, -0.1) is 0 Å². The molecule has 0 radical (unpaired) electrons. The zero-order chi connectivity index (χ0) is 12.1. The van der Waals surface area contributed by atoms with Crippen LogP contribution in [0.25, 0.3) is 0 Å². The second-order valence-electron chi connectivity index (χ2n) is 4.53. The molecule has 3 unspecified atom stereocenters. The molecule has 1 heterocycles. The lowest BCUT2D eigenvalue weighted by molar-refractivity contribution is -0.150. The zero-order valence-corrected chi connectivity index (χ0v) is 10.2. The molecule has 94 valence electrons. The summed E-state index contributed by atoms with van der Waals surface area (Å²) in [5.74, 6) is 0.199. The Morgan fingerprint density at radius 1 is 1.29 bits per heavy atom. The third kappa shape index (κ3) is 3.28. The second-order valence-corrected chi connectivity index (χ2v) is 4.53. The monoisotopic (exact) mass is 236 g/mol. The molecule has 0 saturated carbocycles. The van der Waals surface area contributed by atoms with Crippen LogP contribution >= 0.6 is 0 Å². The van der Waals surface area contributed by atoms with E-state index in [9.17, 15) is 5.11 Å². The molecular weight excluding hydrogens is 216 g/mol. The summed E-state index contributed by atoms with van der Waals surface area (Å²) in [5, 5.41) is 10.1.